The zero-order valence-corrected chi connectivity index (χ0v) is 11.7. The molecule has 0 bridgehead atoms. The standard InChI is InChI=1S/C12H16N6O3/c1-6-8(11(20)17-12(21)16-6)3-4-9(19)15-7(2)10-13-5-14-18-10/h5,7H,3-4H2,1-2H3,(H,15,19)(H,13,14,18)(H2,16,17,20,21). The maximum absolute atomic E-state index is 11.9. The van der Waals surface area contributed by atoms with Crippen molar-refractivity contribution in [2.24, 2.45) is 0 Å². The Morgan fingerprint density at radius 1 is 1.38 bits per heavy atom. The molecule has 9 nitrogen and oxygen atoms in total. The molecule has 1 amide bonds. The topological polar surface area (TPSA) is 136 Å². The van der Waals surface area contributed by atoms with Crippen LogP contribution < -0.4 is 16.6 Å². The van der Waals surface area contributed by atoms with E-state index in [0.29, 0.717) is 17.1 Å². The van der Waals surface area contributed by atoms with E-state index in [0.717, 1.165) is 0 Å². The molecular weight excluding hydrogens is 276 g/mol. The Morgan fingerprint density at radius 2 is 2.14 bits per heavy atom. The highest BCUT2D eigenvalue weighted by Crippen LogP contribution is 2.05. The number of aromatic nitrogens is 5. The minimum Gasteiger partial charge on any atom is -0.346 e. The molecule has 21 heavy (non-hydrogen) atoms. The number of carbonyl (C=O) groups is 1. The van der Waals surface area contributed by atoms with Gasteiger partial charge in [-0.25, -0.2) is 9.78 Å². The number of H-pyrrole nitrogens is 3. The number of nitrogens with zero attached hydrogens (tertiary/aromatic N) is 2. The van der Waals surface area contributed by atoms with Crippen molar-refractivity contribution in [3.05, 3.63) is 44.2 Å². The van der Waals surface area contributed by atoms with Gasteiger partial charge in [0.2, 0.25) is 5.91 Å². The van der Waals surface area contributed by atoms with Crippen molar-refractivity contribution in [1.82, 2.24) is 30.5 Å². The summed E-state index contributed by atoms with van der Waals surface area (Å²) in [5.74, 6) is 0.338. The molecule has 2 rings (SSSR count). The van der Waals surface area contributed by atoms with E-state index in [1.54, 1.807) is 13.8 Å². The summed E-state index contributed by atoms with van der Waals surface area (Å²) < 4.78 is 0. The predicted molar refractivity (Wildman–Crippen MR) is 73.7 cm³/mol. The van der Waals surface area contributed by atoms with Gasteiger partial charge in [0.25, 0.3) is 5.56 Å². The van der Waals surface area contributed by atoms with Gasteiger partial charge < -0.3 is 10.3 Å². The smallest absolute Gasteiger partial charge is 0.325 e. The van der Waals surface area contributed by atoms with Crippen molar-refractivity contribution in [1.29, 1.82) is 0 Å². The van der Waals surface area contributed by atoms with Crippen LogP contribution in [-0.4, -0.2) is 31.1 Å². The molecule has 0 aliphatic carbocycles. The van der Waals surface area contributed by atoms with Gasteiger partial charge in [-0.05, 0) is 20.3 Å². The molecule has 2 aromatic rings. The first-order chi connectivity index (χ1) is 9.97. The predicted octanol–water partition coefficient (Wildman–Crippen LogP) is -0.700. The van der Waals surface area contributed by atoms with Crippen LogP contribution in [0.1, 0.15) is 36.5 Å². The van der Waals surface area contributed by atoms with E-state index in [1.807, 2.05) is 0 Å². The van der Waals surface area contributed by atoms with Crippen LogP contribution in [0.4, 0.5) is 0 Å². The summed E-state index contributed by atoms with van der Waals surface area (Å²) in [5, 5.41) is 9.12. The van der Waals surface area contributed by atoms with Gasteiger partial charge in [-0.1, -0.05) is 0 Å². The van der Waals surface area contributed by atoms with E-state index < -0.39 is 11.2 Å². The van der Waals surface area contributed by atoms with Crippen molar-refractivity contribution in [3.8, 4) is 0 Å². The van der Waals surface area contributed by atoms with E-state index in [1.165, 1.54) is 6.33 Å². The van der Waals surface area contributed by atoms with Crippen LogP contribution in [-0.2, 0) is 11.2 Å². The quantitative estimate of drug-likeness (QED) is 0.577. The van der Waals surface area contributed by atoms with Crippen molar-refractivity contribution in [2.75, 3.05) is 0 Å². The summed E-state index contributed by atoms with van der Waals surface area (Å²) in [6.45, 7) is 3.40. The second kappa shape index (κ2) is 6.16. The number of aromatic amines is 3. The Hall–Kier alpha value is -2.71. The summed E-state index contributed by atoms with van der Waals surface area (Å²) in [4.78, 5) is 43.2. The number of nitrogens with one attached hydrogen (secondary N) is 4. The van der Waals surface area contributed by atoms with Gasteiger partial charge >= 0.3 is 5.69 Å². The summed E-state index contributed by atoms with van der Waals surface area (Å²) in [5.41, 5.74) is -0.145. The minimum absolute atomic E-state index is 0.133. The molecule has 0 radical (unpaired) electrons. The molecule has 1 atom stereocenters. The van der Waals surface area contributed by atoms with E-state index in [4.69, 9.17) is 0 Å². The van der Waals surface area contributed by atoms with Crippen molar-refractivity contribution < 1.29 is 4.79 Å². The first kappa shape index (κ1) is 14.7. The highest BCUT2D eigenvalue weighted by atomic mass is 16.2. The fraction of sp³-hybridized carbons (Fsp3) is 0.417. The molecule has 0 saturated heterocycles. The Morgan fingerprint density at radius 3 is 2.76 bits per heavy atom. The van der Waals surface area contributed by atoms with E-state index in [2.05, 4.69) is 30.5 Å². The molecule has 0 aromatic carbocycles. The van der Waals surface area contributed by atoms with Gasteiger partial charge in [0.15, 0.2) is 0 Å². The van der Waals surface area contributed by atoms with Crippen LogP contribution in [0.2, 0.25) is 0 Å². The van der Waals surface area contributed by atoms with Crippen LogP contribution in [0.3, 0.4) is 0 Å². The average molecular weight is 292 g/mol. The highest BCUT2D eigenvalue weighted by molar-refractivity contribution is 5.76. The van der Waals surface area contributed by atoms with Gasteiger partial charge in [-0.2, -0.15) is 5.10 Å². The number of hydrogen-bond acceptors (Lipinski definition) is 5. The third-order valence-corrected chi connectivity index (χ3v) is 3.08. The summed E-state index contributed by atoms with van der Waals surface area (Å²) in [6.07, 6.45) is 1.74. The molecule has 2 heterocycles. The van der Waals surface area contributed by atoms with Crippen LogP contribution in [0, 0.1) is 6.92 Å². The lowest BCUT2D eigenvalue weighted by Crippen LogP contribution is -2.30. The normalized spacial score (nSPS) is 12.1. The largest absolute Gasteiger partial charge is 0.346 e. The lowest BCUT2D eigenvalue weighted by Gasteiger charge is -2.11. The Bertz CT molecular complexity index is 730. The summed E-state index contributed by atoms with van der Waals surface area (Å²) >= 11 is 0. The Balaban J connectivity index is 1.96. The van der Waals surface area contributed by atoms with Crippen LogP contribution in [0.5, 0.6) is 0 Å². The Kier molecular flexibility index (Phi) is 4.31. The maximum atomic E-state index is 11.9. The molecule has 0 saturated carbocycles. The number of aryl methyl sites for hydroxylation is 1. The van der Waals surface area contributed by atoms with Crippen LogP contribution in [0.15, 0.2) is 15.9 Å². The number of hydrogen-bond donors (Lipinski definition) is 4. The molecule has 0 spiro atoms. The van der Waals surface area contributed by atoms with E-state index in [-0.39, 0.29) is 24.8 Å². The van der Waals surface area contributed by atoms with E-state index in [9.17, 15) is 14.4 Å². The highest BCUT2D eigenvalue weighted by Gasteiger charge is 2.13. The molecular formula is C12H16N6O3. The number of carbonyl (C=O) groups excluding carboxylic acids is 1. The lowest BCUT2D eigenvalue weighted by atomic mass is 10.1. The SMILES string of the molecule is Cc1[nH]c(=O)[nH]c(=O)c1CCC(=O)NC(C)c1ncn[nH]1. The average Bonchev–Trinajstić information content (AvgIpc) is 2.91. The van der Waals surface area contributed by atoms with Crippen molar-refractivity contribution in [2.45, 2.75) is 32.7 Å². The fourth-order valence-electron chi connectivity index (χ4n) is 1.97. The van der Waals surface area contributed by atoms with Crippen molar-refractivity contribution >= 4 is 5.91 Å². The molecule has 0 aliphatic heterocycles. The molecule has 1 unspecified atom stereocenters. The summed E-state index contributed by atoms with van der Waals surface area (Å²) in [7, 11) is 0. The minimum atomic E-state index is -0.551. The molecule has 112 valence electrons. The molecule has 0 fully saturated rings. The maximum Gasteiger partial charge on any atom is 0.325 e. The first-order valence-electron chi connectivity index (χ1n) is 6.44. The fourth-order valence-corrected chi connectivity index (χ4v) is 1.97. The van der Waals surface area contributed by atoms with Gasteiger partial charge in [0, 0.05) is 17.7 Å². The van der Waals surface area contributed by atoms with Crippen LogP contribution >= 0.6 is 0 Å². The van der Waals surface area contributed by atoms with Gasteiger partial charge in [0.05, 0.1) is 6.04 Å². The molecule has 4 N–H and O–H groups in total. The second-order valence-corrected chi connectivity index (χ2v) is 4.67. The number of amides is 1. The zero-order valence-electron chi connectivity index (χ0n) is 11.7. The summed E-state index contributed by atoms with van der Waals surface area (Å²) in [6, 6.07) is -0.296. The van der Waals surface area contributed by atoms with Crippen LogP contribution in [0.25, 0.3) is 0 Å². The number of rotatable bonds is 5. The molecule has 0 aliphatic rings. The van der Waals surface area contributed by atoms with Gasteiger partial charge in [-0.3, -0.25) is 19.7 Å². The molecule has 9 heteroatoms. The second-order valence-electron chi connectivity index (χ2n) is 4.67. The first-order valence-corrected chi connectivity index (χ1v) is 6.44. The molecule has 2 aromatic heterocycles. The third kappa shape index (κ3) is 3.65. The van der Waals surface area contributed by atoms with Crippen molar-refractivity contribution in [3.63, 3.8) is 0 Å². The third-order valence-electron chi connectivity index (χ3n) is 3.08. The lowest BCUT2D eigenvalue weighted by molar-refractivity contribution is -0.121. The van der Waals surface area contributed by atoms with E-state index >= 15 is 0 Å². The van der Waals surface area contributed by atoms with Gasteiger partial charge in [0.1, 0.15) is 12.2 Å². The van der Waals surface area contributed by atoms with Gasteiger partial charge in [-0.15, -0.1) is 0 Å². The monoisotopic (exact) mass is 292 g/mol. The zero-order chi connectivity index (χ0) is 15.4. The Labute approximate surface area is 119 Å².